The Kier molecular flexibility index (Phi) is 4.10. The highest BCUT2D eigenvalue weighted by molar-refractivity contribution is 9.10. The summed E-state index contributed by atoms with van der Waals surface area (Å²) < 4.78 is 0. The third-order valence-electron chi connectivity index (χ3n) is 3.30. The van der Waals surface area contributed by atoms with Gasteiger partial charge in [-0.05, 0) is 22.8 Å². The second kappa shape index (κ2) is 5.46. The molecule has 1 nitrogen and oxygen atoms in total. The molecular weight excluding hydrogens is 300 g/mol. The van der Waals surface area contributed by atoms with Crippen LogP contribution in [0.4, 0.5) is 0 Å². The molecule has 0 N–H and O–H groups in total. The molecule has 0 aliphatic heterocycles. The van der Waals surface area contributed by atoms with E-state index < -0.39 is 0 Å². The van der Waals surface area contributed by atoms with E-state index in [2.05, 4.69) is 46.3 Å². The second-order valence-electron chi connectivity index (χ2n) is 5.92. The lowest BCUT2D eigenvalue weighted by molar-refractivity contribution is -0.125. The number of halogens is 1. The number of alkyl halides is 1. The predicted octanol–water partition coefficient (Wildman–Crippen LogP) is 4.76. The van der Waals surface area contributed by atoms with Crippen molar-refractivity contribution in [3.63, 3.8) is 0 Å². The molecule has 0 aromatic heterocycles. The fourth-order valence-corrected chi connectivity index (χ4v) is 3.26. The summed E-state index contributed by atoms with van der Waals surface area (Å²) in [5, 5.41) is 2.46. The van der Waals surface area contributed by atoms with Crippen LogP contribution in [-0.4, -0.2) is 10.6 Å². The van der Waals surface area contributed by atoms with Gasteiger partial charge in [-0.3, -0.25) is 4.79 Å². The van der Waals surface area contributed by atoms with Crippen molar-refractivity contribution < 1.29 is 4.79 Å². The Morgan fingerprint density at radius 2 is 1.74 bits per heavy atom. The first-order valence-corrected chi connectivity index (χ1v) is 7.46. The zero-order valence-corrected chi connectivity index (χ0v) is 13.2. The van der Waals surface area contributed by atoms with Crippen LogP contribution in [-0.2, 0) is 11.2 Å². The topological polar surface area (TPSA) is 17.1 Å². The Hall–Kier alpha value is -1.15. The molecular formula is C17H19BrO. The second-order valence-corrected chi connectivity index (χ2v) is 7.03. The molecule has 2 aromatic rings. The molecule has 19 heavy (non-hydrogen) atoms. The van der Waals surface area contributed by atoms with Crippen molar-refractivity contribution in [1.82, 2.24) is 0 Å². The summed E-state index contributed by atoms with van der Waals surface area (Å²) in [6, 6.07) is 14.6. The summed E-state index contributed by atoms with van der Waals surface area (Å²) in [4.78, 5) is 12.1. The highest BCUT2D eigenvalue weighted by Crippen LogP contribution is 2.26. The summed E-state index contributed by atoms with van der Waals surface area (Å²) in [5.41, 5.74) is 0.913. The molecule has 2 heteroatoms. The number of hydrogen-bond donors (Lipinski definition) is 0. The van der Waals surface area contributed by atoms with Gasteiger partial charge in [0.05, 0.1) is 4.83 Å². The number of carbonyl (C=O) groups excluding carboxylic acids is 1. The average molecular weight is 319 g/mol. The SMILES string of the molecule is CC(C)(C)C(=O)C(Br)Cc1cccc2ccccc12. The van der Waals surface area contributed by atoms with Gasteiger partial charge < -0.3 is 0 Å². The first-order chi connectivity index (χ1) is 8.89. The van der Waals surface area contributed by atoms with Gasteiger partial charge in [0.25, 0.3) is 0 Å². The van der Waals surface area contributed by atoms with Gasteiger partial charge in [0, 0.05) is 5.41 Å². The van der Waals surface area contributed by atoms with Crippen LogP contribution in [0, 0.1) is 5.41 Å². The molecule has 0 aliphatic carbocycles. The molecule has 100 valence electrons. The van der Waals surface area contributed by atoms with Gasteiger partial charge in [0.1, 0.15) is 0 Å². The molecule has 2 aromatic carbocycles. The minimum Gasteiger partial charge on any atom is -0.298 e. The number of ketones is 1. The molecule has 0 saturated carbocycles. The average Bonchev–Trinajstić information content (AvgIpc) is 2.37. The Balaban J connectivity index is 2.29. The molecule has 0 fully saturated rings. The highest BCUT2D eigenvalue weighted by atomic mass is 79.9. The van der Waals surface area contributed by atoms with Crippen LogP contribution in [0.15, 0.2) is 42.5 Å². The Morgan fingerprint density at radius 3 is 2.42 bits per heavy atom. The van der Waals surface area contributed by atoms with Crippen LogP contribution >= 0.6 is 15.9 Å². The smallest absolute Gasteiger partial charge is 0.152 e. The van der Waals surface area contributed by atoms with E-state index in [1.807, 2.05) is 32.9 Å². The Bertz CT molecular complexity index is 590. The van der Waals surface area contributed by atoms with Gasteiger partial charge in [0.15, 0.2) is 5.78 Å². The van der Waals surface area contributed by atoms with Crippen LogP contribution in [0.3, 0.4) is 0 Å². The van der Waals surface area contributed by atoms with E-state index in [4.69, 9.17) is 0 Å². The maximum Gasteiger partial charge on any atom is 0.152 e. The molecule has 1 atom stereocenters. The number of rotatable bonds is 3. The maximum atomic E-state index is 12.3. The fraction of sp³-hybridized carbons (Fsp3) is 0.353. The van der Waals surface area contributed by atoms with E-state index in [0.29, 0.717) is 0 Å². The lowest BCUT2D eigenvalue weighted by Gasteiger charge is -2.21. The van der Waals surface area contributed by atoms with Gasteiger partial charge in [-0.25, -0.2) is 0 Å². The number of benzene rings is 2. The van der Waals surface area contributed by atoms with E-state index in [9.17, 15) is 4.79 Å². The number of Topliss-reactive ketones (excluding diaryl/α,β-unsaturated/α-hetero) is 1. The quantitative estimate of drug-likeness (QED) is 0.745. The molecule has 0 saturated heterocycles. The van der Waals surface area contributed by atoms with Crippen LogP contribution in [0.1, 0.15) is 26.3 Å². The summed E-state index contributed by atoms with van der Waals surface area (Å²) in [6.45, 7) is 5.89. The van der Waals surface area contributed by atoms with Crippen LogP contribution in [0.5, 0.6) is 0 Å². The first-order valence-electron chi connectivity index (χ1n) is 6.54. The van der Waals surface area contributed by atoms with Gasteiger partial charge in [-0.15, -0.1) is 0 Å². The van der Waals surface area contributed by atoms with E-state index in [0.717, 1.165) is 6.42 Å². The lowest BCUT2D eigenvalue weighted by Crippen LogP contribution is -2.30. The summed E-state index contributed by atoms with van der Waals surface area (Å²) in [6.07, 6.45) is 0.734. The van der Waals surface area contributed by atoms with E-state index >= 15 is 0 Å². The van der Waals surface area contributed by atoms with Gasteiger partial charge in [-0.1, -0.05) is 79.2 Å². The minimum absolute atomic E-state index is 0.127. The zero-order valence-electron chi connectivity index (χ0n) is 11.6. The van der Waals surface area contributed by atoms with E-state index in [1.54, 1.807) is 0 Å². The summed E-state index contributed by atoms with van der Waals surface area (Å²) in [7, 11) is 0. The van der Waals surface area contributed by atoms with Crippen molar-refractivity contribution >= 4 is 32.5 Å². The molecule has 0 amide bonds. The van der Waals surface area contributed by atoms with Gasteiger partial charge in [-0.2, -0.15) is 0 Å². The Labute approximate surface area is 123 Å². The van der Waals surface area contributed by atoms with Crippen molar-refractivity contribution in [2.24, 2.45) is 5.41 Å². The van der Waals surface area contributed by atoms with Crippen molar-refractivity contribution in [1.29, 1.82) is 0 Å². The van der Waals surface area contributed by atoms with Gasteiger partial charge >= 0.3 is 0 Å². The maximum absolute atomic E-state index is 12.3. The zero-order chi connectivity index (χ0) is 14.0. The van der Waals surface area contributed by atoms with Crippen molar-refractivity contribution in [2.45, 2.75) is 32.0 Å². The van der Waals surface area contributed by atoms with E-state index in [1.165, 1.54) is 16.3 Å². The lowest BCUT2D eigenvalue weighted by atomic mass is 9.87. The first kappa shape index (κ1) is 14.3. The predicted molar refractivity (Wildman–Crippen MR) is 84.8 cm³/mol. The standard InChI is InChI=1S/C17H19BrO/c1-17(2,3)16(19)15(18)11-13-9-6-8-12-7-4-5-10-14(12)13/h4-10,15H,11H2,1-3H3. The fourth-order valence-electron chi connectivity index (χ4n) is 2.23. The molecule has 0 heterocycles. The minimum atomic E-state index is -0.307. The monoisotopic (exact) mass is 318 g/mol. The van der Waals surface area contributed by atoms with E-state index in [-0.39, 0.29) is 16.0 Å². The Morgan fingerprint density at radius 1 is 1.11 bits per heavy atom. The van der Waals surface area contributed by atoms with Crippen LogP contribution in [0.25, 0.3) is 10.8 Å². The summed E-state index contributed by atoms with van der Waals surface area (Å²) in [5.74, 6) is 0.250. The third kappa shape index (κ3) is 3.24. The highest BCUT2D eigenvalue weighted by Gasteiger charge is 2.28. The molecule has 0 aliphatic rings. The molecule has 2 rings (SSSR count). The third-order valence-corrected chi connectivity index (χ3v) is 4.04. The molecule has 1 unspecified atom stereocenters. The van der Waals surface area contributed by atoms with Crippen molar-refractivity contribution in [2.75, 3.05) is 0 Å². The van der Waals surface area contributed by atoms with Crippen molar-refractivity contribution in [3.8, 4) is 0 Å². The molecule has 0 bridgehead atoms. The summed E-state index contributed by atoms with van der Waals surface area (Å²) >= 11 is 3.55. The van der Waals surface area contributed by atoms with Crippen LogP contribution < -0.4 is 0 Å². The molecule has 0 radical (unpaired) electrons. The molecule has 0 spiro atoms. The number of fused-ring (bicyclic) bond motifs is 1. The normalized spacial score (nSPS) is 13.5. The number of hydrogen-bond acceptors (Lipinski definition) is 1. The van der Waals surface area contributed by atoms with Crippen LogP contribution in [0.2, 0.25) is 0 Å². The largest absolute Gasteiger partial charge is 0.298 e. The van der Waals surface area contributed by atoms with Gasteiger partial charge in [0.2, 0.25) is 0 Å². The van der Waals surface area contributed by atoms with Crippen molar-refractivity contribution in [3.05, 3.63) is 48.0 Å². The number of carbonyl (C=O) groups is 1.